The minimum Gasteiger partial charge on any atom is -0.481 e. The summed E-state index contributed by atoms with van der Waals surface area (Å²) in [6.07, 6.45) is 1.75. The number of carboxylic acid groups (broad SMARTS) is 1. The molecule has 264 valence electrons. The highest BCUT2D eigenvalue weighted by atomic mass is 35.5. The van der Waals surface area contributed by atoms with Gasteiger partial charge in [-0.05, 0) is 99.0 Å². The number of amides is 1. The summed E-state index contributed by atoms with van der Waals surface area (Å²) in [4.78, 5) is 41.4. The first-order chi connectivity index (χ1) is 23.2. The molecule has 2 atom stereocenters. The Morgan fingerprint density at radius 2 is 1.71 bits per heavy atom. The zero-order chi connectivity index (χ0) is 35.5. The van der Waals surface area contributed by atoms with Crippen molar-refractivity contribution in [1.82, 2.24) is 14.8 Å². The number of likely N-dealkylation sites (N-methyl/N-ethyl adjacent to an activating group) is 1. The number of alkyl halides is 3. The second kappa shape index (κ2) is 15.5. The van der Waals surface area contributed by atoms with Crippen molar-refractivity contribution < 1.29 is 32.3 Å². The van der Waals surface area contributed by atoms with Crippen LogP contribution in [-0.4, -0.2) is 47.1 Å². The number of carboxylic acids is 1. The minimum atomic E-state index is -4.78. The van der Waals surface area contributed by atoms with E-state index in [2.05, 4.69) is 5.32 Å². The second-order valence-electron chi connectivity index (χ2n) is 13.5. The van der Waals surface area contributed by atoms with Crippen molar-refractivity contribution in [2.24, 2.45) is 0 Å². The first-order valence-corrected chi connectivity index (χ1v) is 17.2. The van der Waals surface area contributed by atoms with Crippen molar-refractivity contribution in [2.75, 3.05) is 20.6 Å². The topological polar surface area (TPSA) is 91.6 Å². The van der Waals surface area contributed by atoms with E-state index in [1.54, 1.807) is 37.2 Å². The average molecular weight is 704 g/mol. The number of halogens is 5. The molecule has 0 unspecified atom stereocenters. The molecule has 5 rings (SSSR count). The van der Waals surface area contributed by atoms with Crippen LogP contribution in [0.25, 0.3) is 11.1 Å². The summed E-state index contributed by atoms with van der Waals surface area (Å²) in [5.74, 6) is -2.72. The molecule has 49 heavy (non-hydrogen) atoms. The van der Waals surface area contributed by atoms with E-state index < -0.39 is 53.5 Å². The van der Waals surface area contributed by atoms with Gasteiger partial charge in [-0.3, -0.25) is 14.4 Å². The van der Waals surface area contributed by atoms with Gasteiger partial charge in [-0.2, -0.15) is 13.2 Å². The van der Waals surface area contributed by atoms with Gasteiger partial charge >= 0.3 is 12.1 Å². The lowest BCUT2D eigenvalue weighted by Gasteiger charge is -2.26. The summed E-state index contributed by atoms with van der Waals surface area (Å²) in [7, 11) is 3.44. The van der Waals surface area contributed by atoms with Gasteiger partial charge in [0.1, 0.15) is 11.9 Å². The second-order valence-corrected chi connectivity index (χ2v) is 13.9. The number of pyridine rings is 1. The SMILES string of the molecule is CN(C)CCc1cn([C@H]2CCCCCCCc3cccc(Cl)c3-c3cc(C4CC4)c(F)c(c3)[C@H](CC(=O)O)NC2=O)c(=O)cc1C(F)(F)F. The molecular weight excluding hydrogens is 662 g/mol. The van der Waals surface area contributed by atoms with Gasteiger partial charge in [-0.1, -0.05) is 49.4 Å². The van der Waals surface area contributed by atoms with Crippen molar-refractivity contribution in [2.45, 2.75) is 94.8 Å². The predicted molar refractivity (Wildman–Crippen MR) is 180 cm³/mol. The summed E-state index contributed by atoms with van der Waals surface area (Å²) in [5.41, 5.74) is 0.564. The number of rotatable bonds is 7. The summed E-state index contributed by atoms with van der Waals surface area (Å²) in [5, 5.41) is 13.1. The van der Waals surface area contributed by atoms with E-state index >= 15 is 4.39 Å². The fourth-order valence-corrected chi connectivity index (χ4v) is 7.07. The fourth-order valence-electron chi connectivity index (χ4n) is 6.76. The Morgan fingerprint density at radius 3 is 2.39 bits per heavy atom. The molecule has 1 aromatic heterocycles. The van der Waals surface area contributed by atoms with E-state index in [-0.39, 0.29) is 36.4 Å². The van der Waals surface area contributed by atoms with E-state index in [1.165, 1.54) is 0 Å². The van der Waals surface area contributed by atoms with Crippen molar-refractivity contribution >= 4 is 23.5 Å². The number of aromatic nitrogens is 1. The first-order valence-electron chi connectivity index (χ1n) is 16.8. The zero-order valence-electron chi connectivity index (χ0n) is 27.7. The molecule has 3 aromatic rings. The van der Waals surface area contributed by atoms with Gasteiger partial charge in [0.2, 0.25) is 5.91 Å². The third-order valence-electron chi connectivity index (χ3n) is 9.46. The van der Waals surface area contributed by atoms with Crippen molar-refractivity contribution in [3.8, 4) is 11.1 Å². The molecule has 0 spiro atoms. The number of nitrogens with zero attached hydrogens (tertiary/aromatic N) is 2. The van der Waals surface area contributed by atoms with E-state index in [0.717, 1.165) is 60.4 Å². The summed E-state index contributed by atoms with van der Waals surface area (Å²) in [6, 6.07) is 6.87. The fraction of sp³-hybridized carbons (Fsp3) is 0.486. The van der Waals surface area contributed by atoms with Crippen LogP contribution in [0.4, 0.5) is 17.6 Å². The maximum absolute atomic E-state index is 16.4. The number of carbonyl (C=O) groups excluding carboxylic acids is 1. The van der Waals surface area contributed by atoms with Gasteiger partial charge in [-0.15, -0.1) is 0 Å². The number of hydrogen-bond acceptors (Lipinski definition) is 4. The van der Waals surface area contributed by atoms with Gasteiger partial charge in [0, 0.05) is 35.0 Å². The lowest BCUT2D eigenvalue weighted by atomic mass is 9.89. The molecular formula is C37H42ClF4N3O4. The number of hydrogen-bond donors (Lipinski definition) is 2. The van der Waals surface area contributed by atoms with Gasteiger partial charge in [0.05, 0.1) is 18.0 Å². The average Bonchev–Trinajstić information content (AvgIpc) is 3.86. The summed E-state index contributed by atoms with van der Waals surface area (Å²) in [6.45, 7) is 0.269. The van der Waals surface area contributed by atoms with Crippen LogP contribution in [0.2, 0.25) is 5.02 Å². The standard InChI is InChI=1S/C37H42ClF4N3O4/c1-44(2)16-15-24-21-45(32(46)19-28(24)37(40,41)42)31-12-7-5-3-4-6-9-23-10-8-11-29(38)34(23)25-17-26(22-13-14-22)35(39)27(18-25)30(20-33(47)48)43-36(31)49/h8,10-11,17-19,21-22,30-31H,3-7,9,12-16,20H2,1-2H3,(H,43,49)(H,47,48)/t30-,31-/m0/s1. The molecule has 1 fully saturated rings. The maximum Gasteiger partial charge on any atom is 0.416 e. The van der Waals surface area contributed by atoms with Crippen LogP contribution in [0.1, 0.15) is 104 Å². The zero-order valence-corrected chi connectivity index (χ0v) is 28.5. The monoisotopic (exact) mass is 703 g/mol. The van der Waals surface area contributed by atoms with E-state index in [4.69, 9.17) is 11.6 Å². The lowest BCUT2D eigenvalue weighted by molar-refractivity contribution is -0.139. The van der Waals surface area contributed by atoms with Crippen LogP contribution in [0, 0.1) is 5.82 Å². The molecule has 1 aliphatic heterocycles. The van der Waals surface area contributed by atoms with Crippen LogP contribution in [-0.2, 0) is 28.6 Å². The molecule has 1 aliphatic carbocycles. The highest BCUT2D eigenvalue weighted by Crippen LogP contribution is 2.46. The van der Waals surface area contributed by atoms with Crippen molar-refractivity contribution in [3.63, 3.8) is 0 Å². The van der Waals surface area contributed by atoms with E-state index in [0.29, 0.717) is 35.1 Å². The van der Waals surface area contributed by atoms with Crippen LogP contribution in [0.15, 0.2) is 47.4 Å². The number of aryl methyl sites for hydroxylation is 1. The van der Waals surface area contributed by atoms with Gasteiger partial charge in [0.15, 0.2) is 0 Å². The Morgan fingerprint density at radius 1 is 1.02 bits per heavy atom. The van der Waals surface area contributed by atoms with E-state index in [9.17, 15) is 32.7 Å². The number of carbonyl (C=O) groups is 2. The Labute approximate surface area is 288 Å². The molecule has 2 aromatic carbocycles. The molecule has 0 saturated heterocycles. The van der Waals surface area contributed by atoms with E-state index in [1.807, 2.05) is 12.1 Å². The molecule has 0 radical (unpaired) electrons. The first kappa shape index (κ1) is 36.6. The largest absolute Gasteiger partial charge is 0.481 e. The summed E-state index contributed by atoms with van der Waals surface area (Å²) >= 11 is 6.75. The highest BCUT2D eigenvalue weighted by molar-refractivity contribution is 6.33. The number of benzene rings is 2. The van der Waals surface area contributed by atoms with Crippen LogP contribution < -0.4 is 10.9 Å². The molecule has 2 bridgehead atoms. The lowest BCUT2D eigenvalue weighted by Crippen LogP contribution is -2.40. The molecule has 1 saturated carbocycles. The Kier molecular flexibility index (Phi) is 11.5. The smallest absolute Gasteiger partial charge is 0.416 e. The highest BCUT2D eigenvalue weighted by Gasteiger charge is 2.36. The molecule has 12 heteroatoms. The number of nitrogens with one attached hydrogen (secondary N) is 1. The number of fused-ring (bicyclic) bond motifs is 4. The Hall–Kier alpha value is -3.70. The number of aliphatic carboxylic acids is 1. The third-order valence-corrected chi connectivity index (χ3v) is 9.78. The van der Waals surface area contributed by atoms with Crippen molar-refractivity contribution in [1.29, 1.82) is 0 Å². The van der Waals surface area contributed by atoms with Gasteiger partial charge < -0.3 is 19.9 Å². The summed E-state index contributed by atoms with van der Waals surface area (Å²) < 4.78 is 59.5. The third kappa shape index (κ3) is 8.91. The van der Waals surface area contributed by atoms with Crippen LogP contribution >= 0.6 is 11.6 Å². The molecule has 2 aliphatic rings. The van der Waals surface area contributed by atoms with Gasteiger partial charge in [-0.25, -0.2) is 4.39 Å². The maximum atomic E-state index is 16.4. The van der Waals surface area contributed by atoms with Gasteiger partial charge in [0.25, 0.3) is 5.56 Å². The van der Waals surface area contributed by atoms with Crippen molar-refractivity contribution in [3.05, 3.63) is 91.6 Å². The van der Waals surface area contributed by atoms with Crippen LogP contribution in [0.5, 0.6) is 0 Å². The minimum absolute atomic E-state index is 0.0155. The quantitative estimate of drug-likeness (QED) is 0.243. The molecule has 1 amide bonds. The molecule has 2 N–H and O–H groups in total. The predicted octanol–water partition coefficient (Wildman–Crippen LogP) is 8.08. The Bertz CT molecular complexity index is 1750. The molecule has 2 heterocycles. The normalized spacial score (nSPS) is 19.4. The van der Waals surface area contributed by atoms with Crippen LogP contribution in [0.3, 0.4) is 0 Å². The molecule has 7 nitrogen and oxygen atoms in total. The Balaban J connectivity index is 1.64.